The fourth-order valence-electron chi connectivity index (χ4n) is 1.35. The largest absolute Gasteiger partial charge is 0.368 e. The van der Waals surface area contributed by atoms with Gasteiger partial charge in [0.1, 0.15) is 6.04 Å². The molecule has 0 fully saturated rings. The molecule has 0 bridgehead atoms. The number of carbonyl (C=O) groups is 1. The first-order chi connectivity index (χ1) is 5.63. The molecule has 0 saturated carbocycles. The Morgan fingerprint density at radius 2 is 1.83 bits per heavy atom. The average molecular weight is 166 g/mol. The molecular weight excluding hydrogens is 152 g/mol. The van der Waals surface area contributed by atoms with Gasteiger partial charge in [0.2, 0.25) is 5.91 Å². The lowest BCUT2D eigenvalue weighted by Crippen LogP contribution is -2.29. The summed E-state index contributed by atoms with van der Waals surface area (Å²) in [4.78, 5) is 11.0. The van der Waals surface area contributed by atoms with Crippen LogP contribution in [-0.2, 0) is 4.79 Å². The van der Waals surface area contributed by atoms with E-state index in [0.717, 1.165) is 0 Å². The van der Waals surface area contributed by atoms with Gasteiger partial charge in [-0.3, -0.25) is 4.79 Å². The molecule has 1 aromatic heterocycles. The molecule has 1 heterocycles. The van der Waals surface area contributed by atoms with Crippen molar-refractivity contribution in [2.75, 3.05) is 0 Å². The summed E-state index contributed by atoms with van der Waals surface area (Å²) in [7, 11) is 0. The molecule has 0 saturated heterocycles. The van der Waals surface area contributed by atoms with Crippen molar-refractivity contribution < 1.29 is 4.79 Å². The maximum atomic E-state index is 11.0. The molecule has 0 spiro atoms. The summed E-state index contributed by atoms with van der Waals surface area (Å²) in [6, 6.07) is 3.55. The summed E-state index contributed by atoms with van der Waals surface area (Å²) < 4.78 is 1.84. The summed E-state index contributed by atoms with van der Waals surface area (Å²) in [5.41, 5.74) is 5.27. The lowest BCUT2D eigenvalue weighted by molar-refractivity contribution is -0.122. The summed E-state index contributed by atoms with van der Waals surface area (Å²) >= 11 is 0. The van der Waals surface area contributed by atoms with Crippen LogP contribution in [0.25, 0.3) is 0 Å². The van der Waals surface area contributed by atoms with Gasteiger partial charge in [-0.2, -0.15) is 0 Å². The fourth-order valence-corrected chi connectivity index (χ4v) is 1.35. The lowest BCUT2D eigenvalue weighted by Gasteiger charge is -2.18. The Kier molecular flexibility index (Phi) is 2.53. The third kappa shape index (κ3) is 1.67. The van der Waals surface area contributed by atoms with Crippen LogP contribution in [0, 0.1) is 5.92 Å². The van der Waals surface area contributed by atoms with Gasteiger partial charge in [-0.25, -0.2) is 0 Å². The minimum Gasteiger partial charge on any atom is -0.368 e. The first-order valence-electron chi connectivity index (χ1n) is 4.04. The van der Waals surface area contributed by atoms with E-state index in [9.17, 15) is 4.79 Å². The van der Waals surface area contributed by atoms with Crippen LogP contribution in [0.15, 0.2) is 24.5 Å². The minimum absolute atomic E-state index is 0.222. The topological polar surface area (TPSA) is 48.0 Å². The molecular formula is C9H14N2O. The average Bonchev–Trinajstić information content (AvgIpc) is 2.37. The number of hydrogen-bond donors (Lipinski definition) is 1. The normalized spacial score (nSPS) is 13.2. The Morgan fingerprint density at radius 3 is 2.17 bits per heavy atom. The summed E-state index contributed by atoms with van der Waals surface area (Å²) in [5.74, 6) is -0.0453. The highest BCUT2D eigenvalue weighted by Gasteiger charge is 2.19. The predicted molar refractivity (Wildman–Crippen MR) is 47.5 cm³/mol. The highest BCUT2D eigenvalue weighted by atomic mass is 16.1. The standard InChI is InChI=1S/C9H14N2O/c1-7(2)8(9(10)12)11-5-3-4-6-11/h3-8H,1-2H3,(H2,10,12). The third-order valence-electron chi connectivity index (χ3n) is 1.87. The van der Waals surface area contributed by atoms with Crippen LogP contribution in [0.4, 0.5) is 0 Å². The van der Waals surface area contributed by atoms with E-state index in [-0.39, 0.29) is 17.9 Å². The smallest absolute Gasteiger partial charge is 0.240 e. The number of primary amides is 1. The molecule has 66 valence electrons. The summed E-state index contributed by atoms with van der Waals surface area (Å²) in [6.45, 7) is 3.96. The molecule has 2 N–H and O–H groups in total. The van der Waals surface area contributed by atoms with Crippen molar-refractivity contribution in [1.29, 1.82) is 0 Å². The number of aromatic nitrogens is 1. The van der Waals surface area contributed by atoms with Gasteiger partial charge in [0.25, 0.3) is 0 Å². The Hall–Kier alpha value is -1.25. The Bertz CT molecular complexity index is 252. The fraction of sp³-hybridized carbons (Fsp3) is 0.444. The van der Waals surface area contributed by atoms with Crippen LogP contribution in [0.1, 0.15) is 19.9 Å². The molecule has 0 aliphatic heterocycles. The van der Waals surface area contributed by atoms with Crippen LogP contribution >= 0.6 is 0 Å². The molecule has 0 aliphatic rings. The number of nitrogens with zero attached hydrogens (tertiary/aromatic N) is 1. The van der Waals surface area contributed by atoms with E-state index in [1.54, 1.807) is 0 Å². The Balaban J connectivity index is 2.88. The summed E-state index contributed by atoms with van der Waals surface area (Å²) in [6.07, 6.45) is 3.71. The van der Waals surface area contributed by atoms with Gasteiger partial charge in [0.15, 0.2) is 0 Å². The number of nitrogens with two attached hydrogens (primary N) is 1. The van der Waals surface area contributed by atoms with Gasteiger partial charge in [0.05, 0.1) is 0 Å². The molecule has 1 unspecified atom stereocenters. The predicted octanol–water partition coefficient (Wildman–Crippen LogP) is 1.17. The molecule has 0 aliphatic carbocycles. The zero-order valence-corrected chi connectivity index (χ0v) is 7.40. The monoisotopic (exact) mass is 166 g/mol. The third-order valence-corrected chi connectivity index (χ3v) is 1.87. The maximum absolute atomic E-state index is 11.0. The number of rotatable bonds is 3. The Labute approximate surface area is 72.2 Å². The first kappa shape index (κ1) is 8.84. The highest BCUT2D eigenvalue weighted by Crippen LogP contribution is 2.16. The van der Waals surface area contributed by atoms with E-state index in [2.05, 4.69) is 0 Å². The zero-order valence-electron chi connectivity index (χ0n) is 7.40. The lowest BCUT2D eigenvalue weighted by atomic mass is 10.0. The van der Waals surface area contributed by atoms with Crippen molar-refractivity contribution >= 4 is 5.91 Å². The van der Waals surface area contributed by atoms with Crippen molar-refractivity contribution in [2.24, 2.45) is 11.7 Å². The van der Waals surface area contributed by atoms with Crippen LogP contribution in [0.2, 0.25) is 0 Å². The van der Waals surface area contributed by atoms with Crippen molar-refractivity contribution in [1.82, 2.24) is 4.57 Å². The molecule has 1 amide bonds. The van der Waals surface area contributed by atoms with Crippen molar-refractivity contribution in [3.05, 3.63) is 24.5 Å². The number of carbonyl (C=O) groups excluding carboxylic acids is 1. The van der Waals surface area contributed by atoms with Crippen molar-refractivity contribution in [3.8, 4) is 0 Å². The van der Waals surface area contributed by atoms with Crippen molar-refractivity contribution in [2.45, 2.75) is 19.9 Å². The van der Waals surface area contributed by atoms with E-state index < -0.39 is 0 Å². The quantitative estimate of drug-likeness (QED) is 0.720. The molecule has 1 rings (SSSR count). The van der Waals surface area contributed by atoms with Gasteiger partial charge >= 0.3 is 0 Å². The summed E-state index contributed by atoms with van der Waals surface area (Å²) in [5, 5.41) is 0. The second kappa shape index (κ2) is 3.43. The van der Waals surface area contributed by atoms with Crippen LogP contribution in [-0.4, -0.2) is 10.5 Å². The van der Waals surface area contributed by atoms with E-state index in [1.807, 2.05) is 42.9 Å². The molecule has 3 nitrogen and oxygen atoms in total. The van der Waals surface area contributed by atoms with Crippen LogP contribution in [0.5, 0.6) is 0 Å². The number of hydrogen-bond acceptors (Lipinski definition) is 1. The van der Waals surface area contributed by atoms with E-state index in [0.29, 0.717) is 0 Å². The van der Waals surface area contributed by atoms with E-state index in [1.165, 1.54) is 0 Å². The van der Waals surface area contributed by atoms with Gasteiger partial charge in [-0.1, -0.05) is 13.8 Å². The Morgan fingerprint density at radius 1 is 1.33 bits per heavy atom. The SMILES string of the molecule is CC(C)C(C(N)=O)n1cccc1. The van der Waals surface area contributed by atoms with Crippen LogP contribution in [0.3, 0.4) is 0 Å². The zero-order chi connectivity index (χ0) is 9.14. The van der Waals surface area contributed by atoms with Crippen molar-refractivity contribution in [3.63, 3.8) is 0 Å². The van der Waals surface area contributed by atoms with E-state index >= 15 is 0 Å². The van der Waals surface area contributed by atoms with Gasteiger partial charge < -0.3 is 10.3 Å². The first-order valence-corrected chi connectivity index (χ1v) is 4.04. The van der Waals surface area contributed by atoms with Crippen LogP contribution < -0.4 is 5.73 Å². The van der Waals surface area contributed by atoms with Gasteiger partial charge in [-0.05, 0) is 18.1 Å². The second-order valence-corrected chi connectivity index (χ2v) is 3.22. The molecule has 1 aromatic rings. The molecule has 1 atom stereocenters. The number of amides is 1. The second-order valence-electron chi connectivity index (χ2n) is 3.22. The van der Waals surface area contributed by atoms with Gasteiger partial charge in [-0.15, -0.1) is 0 Å². The molecule has 3 heteroatoms. The minimum atomic E-state index is -0.277. The molecule has 12 heavy (non-hydrogen) atoms. The van der Waals surface area contributed by atoms with E-state index in [4.69, 9.17) is 5.73 Å². The van der Waals surface area contributed by atoms with Gasteiger partial charge in [0, 0.05) is 12.4 Å². The molecule has 0 radical (unpaired) electrons. The maximum Gasteiger partial charge on any atom is 0.240 e. The molecule has 0 aromatic carbocycles. The highest BCUT2D eigenvalue weighted by molar-refractivity contribution is 5.78.